The van der Waals surface area contributed by atoms with E-state index in [1.54, 1.807) is 6.92 Å². The van der Waals surface area contributed by atoms with Gasteiger partial charge in [0, 0.05) is 43.4 Å². The second-order valence-electron chi connectivity index (χ2n) is 7.85. The molecule has 0 atom stereocenters. The zero-order chi connectivity index (χ0) is 23.8. The molecule has 3 aromatic rings. The Labute approximate surface area is 195 Å². The molecule has 0 saturated carbocycles. The molecular weight excluding hydrogens is 475 g/mol. The van der Waals surface area contributed by atoms with Crippen molar-refractivity contribution in [2.24, 2.45) is 5.14 Å². The van der Waals surface area contributed by atoms with E-state index >= 15 is 0 Å². The Morgan fingerprint density at radius 3 is 2.73 bits per heavy atom. The van der Waals surface area contributed by atoms with Gasteiger partial charge >= 0.3 is 0 Å². The van der Waals surface area contributed by atoms with E-state index < -0.39 is 15.8 Å². The molecular formula is C21H24ClFN4O5S. The summed E-state index contributed by atoms with van der Waals surface area (Å²) >= 11 is 6.00. The standard InChI is InChI=1S/C21H24ClFN4O5S/c1-2-31-19-7-12(15(23)9-17(19)28)11-27-5-3-13(4-6-27)25-21-26-16-8-14(22)20(33(24,29)30)10-18(16)32-21/h7-10,13,28H,2-6,11H2,1H3,(H,25,26)(H2,24,29,30). The van der Waals surface area contributed by atoms with Crippen LogP contribution >= 0.6 is 11.6 Å². The number of sulfonamides is 1. The van der Waals surface area contributed by atoms with Crippen molar-refractivity contribution in [3.05, 3.63) is 40.7 Å². The van der Waals surface area contributed by atoms with Crippen molar-refractivity contribution in [3.63, 3.8) is 0 Å². The average Bonchev–Trinajstić information content (AvgIpc) is 3.12. The molecule has 4 N–H and O–H groups in total. The zero-order valence-electron chi connectivity index (χ0n) is 17.8. The fourth-order valence-corrected chi connectivity index (χ4v) is 4.92. The smallest absolute Gasteiger partial charge is 0.295 e. The number of oxazole rings is 1. The molecule has 1 aliphatic rings. The van der Waals surface area contributed by atoms with Crippen molar-refractivity contribution in [3.8, 4) is 11.5 Å². The van der Waals surface area contributed by atoms with Gasteiger partial charge in [0.25, 0.3) is 6.01 Å². The average molecular weight is 499 g/mol. The topological polar surface area (TPSA) is 131 Å². The molecule has 33 heavy (non-hydrogen) atoms. The first-order chi connectivity index (χ1) is 15.6. The Morgan fingerprint density at radius 2 is 2.06 bits per heavy atom. The van der Waals surface area contributed by atoms with E-state index in [9.17, 15) is 17.9 Å². The van der Waals surface area contributed by atoms with Gasteiger partial charge in [-0.2, -0.15) is 4.98 Å². The number of likely N-dealkylation sites (tertiary alicyclic amines) is 1. The van der Waals surface area contributed by atoms with E-state index in [4.69, 9.17) is 25.9 Å². The number of primary sulfonamides is 1. The summed E-state index contributed by atoms with van der Waals surface area (Å²) in [5.41, 5.74) is 1.14. The number of anilines is 1. The summed E-state index contributed by atoms with van der Waals surface area (Å²) in [5, 5.41) is 18.2. The molecule has 12 heteroatoms. The van der Waals surface area contributed by atoms with E-state index in [2.05, 4.69) is 15.2 Å². The first kappa shape index (κ1) is 23.6. The first-order valence-electron chi connectivity index (χ1n) is 10.4. The van der Waals surface area contributed by atoms with Gasteiger partial charge in [-0.1, -0.05) is 11.6 Å². The van der Waals surface area contributed by atoms with Gasteiger partial charge in [0.2, 0.25) is 10.0 Å². The van der Waals surface area contributed by atoms with Gasteiger partial charge in [0.15, 0.2) is 17.1 Å². The molecule has 1 fully saturated rings. The number of rotatable bonds is 7. The number of aromatic hydroxyl groups is 1. The van der Waals surface area contributed by atoms with E-state index in [0.717, 1.165) is 18.9 Å². The largest absolute Gasteiger partial charge is 0.504 e. The van der Waals surface area contributed by atoms with Crippen molar-refractivity contribution in [2.75, 3.05) is 25.0 Å². The number of nitrogens with one attached hydrogen (secondary N) is 1. The number of nitrogens with two attached hydrogens (primary N) is 1. The van der Waals surface area contributed by atoms with Crippen molar-refractivity contribution in [1.82, 2.24) is 9.88 Å². The molecule has 0 bridgehead atoms. The fraction of sp³-hybridized carbons (Fsp3) is 0.381. The molecule has 2 heterocycles. The number of fused-ring (bicyclic) bond motifs is 1. The molecule has 0 aliphatic carbocycles. The number of piperidine rings is 1. The molecule has 4 rings (SSSR count). The molecule has 9 nitrogen and oxygen atoms in total. The van der Waals surface area contributed by atoms with E-state index in [-0.39, 0.29) is 39.1 Å². The van der Waals surface area contributed by atoms with Crippen LogP contribution in [0.2, 0.25) is 5.02 Å². The molecule has 0 spiro atoms. The van der Waals surface area contributed by atoms with Crippen LogP contribution < -0.4 is 15.2 Å². The number of benzene rings is 2. The third-order valence-corrected chi connectivity index (χ3v) is 6.86. The van der Waals surface area contributed by atoms with Crippen LogP contribution in [0.1, 0.15) is 25.3 Å². The zero-order valence-corrected chi connectivity index (χ0v) is 19.4. The highest BCUT2D eigenvalue weighted by Crippen LogP contribution is 2.31. The van der Waals surface area contributed by atoms with Gasteiger partial charge in [0.1, 0.15) is 16.2 Å². The van der Waals surface area contributed by atoms with Crippen molar-refractivity contribution < 1.29 is 27.1 Å². The number of phenols is 1. The summed E-state index contributed by atoms with van der Waals surface area (Å²) in [6, 6.07) is 5.61. The number of hydrogen-bond donors (Lipinski definition) is 3. The van der Waals surface area contributed by atoms with Gasteiger partial charge < -0.3 is 19.6 Å². The van der Waals surface area contributed by atoms with Gasteiger partial charge in [-0.3, -0.25) is 4.90 Å². The number of ether oxygens (including phenoxy) is 1. The van der Waals surface area contributed by atoms with Crippen molar-refractivity contribution in [1.29, 1.82) is 0 Å². The predicted molar refractivity (Wildman–Crippen MR) is 122 cm³/mol. The molecule has 2 aromatic carbocycles. The molecule has 178 valence electrons. The van der Waals surface area contributed by atoms with Crippen LogP contribution in [0.25, 0.3) is 11.1 Å². The minimum atomic E-state index is -3.98. The summed E-state index contributed by atoms with van der Waals surface area (Å²) in [7, 11) is -3.98. The van der Waals surface area contributed by atoms with Gasteiger partial charge in [0.05, 0.1) is 11.6 Å². The van der Waals surface area contributed by atoms with Gasteiger partial charge in [-0.15, -0.1) is 0 Å². The number of phenolic OH excluding ortho intramolecular Hbond substituents is 1. The van der Waals surface area contributed by atoms with Crippen molar-refractivity contribution >= 4 is 38.7 Å². The van der Waals surface area contributed by atoms with Crippen LogP contribution in [0.3, 0.4) is 0 Å². The Morgan fingerprint density at radius 1 is 1.33 bits per heavy atom. The molecule has 0 unspecified atom stereocenters. The molecule has 1 aliphatic heterocycles. The monoisotopic (exact) mass is 498 g/mol. The normalized spacial score (nSPS) is 15.8. The van der Waals surface area contributed by atoms with Crippen LogP contribution in [0.4, 0.5) is 10.4 Å². The Kier molecular flexibility index (Phi) is 6.66. The summed E-state index contributed by atoms with van der Waals surface area (Å²) in [5.74, 6) is -0.413. The highest BCUT2D eigenvalue weighted by Gasteiger charge is 2.23. The van der Waals surface area contributed by atoms with E-state index in [0.29, 0.717) is 37.3 Å². The maximum Gasteiger partial charge on any atom is 0.295 e. The number of hydrogen-bond acceptors (Lipinski definition) is 8. The maximum absolute atomic E-state index is 14.3. The summed E-state index contributed by atoms with van der Waals surface area (Å²) in [6.07, 6.45) is 1.53. The third-order valence-electron chi connectivity index (χ3n) is 5.49. The molecule has 0 amide bonds. The second kappa shape index (κ2) is 9.34. The highest BCUT2D eigenvalue weighted by molar-refractivity contribution is 7.89. The summed E-state index contributed by atoms with van der Waals surface area (Å²) in [6.45, 7) is 4.00. The highest BCUT2D eigenvalue weighted by atomic mass is 35.5. The lowest BCUT2D eigenvalue weighted by atomic mass is 10.0. The maximum atomic E-state index is 14.3. The van der Waals surface area contributed by atoms with E-state index in [1.165, 1.54) is 18.2 Å². The third kappa shape index (κ3) is 5.32. The van der Waals surface area contributed by atoms with Crippen LogP contribution in [-0.2, 0) is 16.6 Å². The van der Waals surface area contributed by atoms with Gasteiger partial charge in [-0.05, 0) is 31.9 Å². The minimum Gasteiger partial charge on any atom is -0.504 e. The van der Waals surface area contributed by atoms with Crippen LogP contribution in [0, 0.1) is 5.82 Å². The summed E-state index contributed by atoms with van der Waals surface area (Å²) in [4.78, 5) is 6.22. The van der Waals surface area contributed by atoms with Crippen molar-refractivity contribution in [2.45, 2.75) is 37.2 Å². The lowest BCUT2D eigenvalue weighted by Crippen LogP contribution is -2.38. The fourth-order valence-electron chi connectivity index (χ4n) is 3.84. The minimum absolute atomic E-state index is 0.0212. The lowest BCUT2D eigenvalue weighted by Gasteiger charge is -2.32. The Balaban J connectivity index is 1.39. The SMILES string of the molecule is CCOc1cc(CN2CCC(Nc3nc4cc(Cl)c(S(N)(=O)=O)cc4o3)CC2)c(F)cc1O. The number of aromatic nitrogens is 1. The van der Waals surface area contributed by atoms with Gasteiger partial charge in [-0.25, -0.2) is 17.9 Å². The predicted octanol–water partition coefficient (Wildman–Crippen LogP) is 3.45. The van der Waals surface area contributed by atoms with E-state index in [1.807, 2.05) is 0 Å². The first-order valence-corrected chi connectivity index (χ1v) is 12.3. The quantitative estimate of drug-likeness (QED) is 0.451. The van der Waals surface area contributed by atoms with Crippen LogP contribution in [0.5, 0.6) is 11.5 Å². The Bertz CT molecular complexity index is 1280. The van der Waals surface area contributed by atoms with Crippen LogP contribution in [0.15, 0.2) is 33.6 Å². The molecule has 1 aromatic heterocycles. The molecule has 1 saturated heterocycles. The lowest BCUT2D eigenvalue weighted by molar-refractivity contribution is 0.207. The molecule has 0 radical (unpaired) electrons. The number of nitrogens with zero attached hydrogens (tertiary/aromatic N) is 2. The van der Waals surface area contributed by atoms with Crippen LogP contribution in [-0.4, -0.2) is 49.1 Å². The summed E-state index contributed by atoms with van der Waals surface area (Å²) < 4.78 is 48.6. The Hall–Kier alpha value is -2.60. The second-order valence-corrected chi connectivity index (χ2v) is 9.79. The number of halogens is 2.